The summed E-state index contributed by atoms with van der Waals surface area (Å²) in [5.74, 6) is 0.467. The summed E-state index contributed by atoms with van der Waals surface area (Å²) in [4.78, 5) is 19.4. The number of rotatable bonds is 7. The summed E-state index contributed by atoms with van der Waals surface area (Å²) in [5, 5.41) is 5.94. The third kappa shape index (κ3) is 4.52. The van der Waals surface area contributed by atoms with Gasteiger partial charge >= 0.3 is 0 Å². The molecule has 0 atom stereocenters. The van der Waals surface area contributed by atoms with Crippen LogP contribution < -0.4 is 5.14 Å². The Bertz CT molecular complexity index is 949. The number of aromatic nitrogens is 2. The van der Waals surface area contributed by atoms with Crippen molar-refractivity contribution in [3.63, 3.8) is 0 Å². The molecule has 9 heteroatoms. The van der Waals surface area contributed by atoms with Crippen LogP contribution in [0.15, 0.2) is 28.3 Å². The van der Waals surface area contributed by atoms with Gasteiger partial charge < -0.3 is 9.47 Å². The number of fused-ring (bicyclic) bond motifs is 1. The van der Waals surface area contributed by atoms with Gasteiger partial charge in [0.25, 0.3) is 0 Å². The molecule has 0 radical (unpaired) electrons. The molecule has 1 aliphatic rings. The third-order valence-electron chi connectivity index (χ3n) is 5.33. The van der Waals surface area contributed by atoms with Crippen LogP contribution in [0.2, 0.25) is 0 Å². The van der Waals surface area contributed by atoms with Gasteiger partial charge in [-0.15, -0.1) is 0 Å². The van der Waals surface area contributed by atoms with E-state index < -0.39 is 10.0 Å². The van der Waals surface area contributed by atoms with E-state index in [2.05, 4.69) is 4.98 Å². The zero-order valence-corrected chi connectivity index (χ0v) is 18.1. The Morgan fingerprint density at radius 1 is 1.29 bits per heavy atom. The summed E-state index contributed by atoms with van der Waals surface area (Å²) in [6.45, 7) is 5.45. The lowest BCUT2D eigenvalue weighted by Crippen LogP contribution is -2.42. The van der Waals surface area contributed by atoms with E-state index in [0.29, 0.717) is 23.9 Å². The predicted octanol–water partition coefficient (Wildman–Crippen LogP) is 2.98. The monoisotopic (exact) mass is 424 g/mol. The van der Waals surface area contributed by atoms with Crippen LogP contribution in [0.5, 0.6) is 0 Å². The minimum atomic E-state index is -3.77. The van der Waals surface area contributed by atoms with Gasteiger partial charge in [-0.1, -0.05) is 31.0 Å². The molecule has 1 aromatic heterocycles. The fourth-order valence-corrected chi connectivity index (χ4v) is 5.42. The molecule has 1 amide bonds. The summed E-state index contributed by atoms with van der Waals surface area (Å²) in [5.41, 5.74) is 1.41. The number of aryl methyl sites for hydroxylation is 1. The lowest BCUT2D eigenvalue weighted by atomic mass is 9.94. The molecule has 1 saturated carbocycles. The van der Waals surface area contributed by atoms with E-state index in [1.807, 2.05) is 23.3 Å². The standard InChI is InChI=1S/C19H28N4O3S2/c1-3-22(14-8-6-5-7-9-14)18(24)13-27-19-21-16-12-15(28(20,25)26)10-11-17(16)23(19)4-2/h10-12,14H,3-9,13H2,1-2H3,(H2,20,25,26). The number of imidazole rings is 1. The van der Waals surface area contributed by atoms with Crippen molar-refractivity contribution in [3.8, 4) is 0 Å². The van der Waals surface area contributed by atoms with Crippen LogP contribution in [-0.4, -0.2) is 47.1 Å². The van der Waals surface area contributed by atoms with Crippen LogP contribution in [-0.2, 0) is 21.4 Å². The number of carbonyl (C=O) groups excluding carboxylic acids is 1. The van der Waals surface area contributed by atoms with Crippen molar-refractivity contribution in [1.82, 2.24) is 14.5 Å². The van der Waals surface area contributed by atoms with Gasteiger partial charge in [0.1, 0.15) is 0 Å². The summed E-state index contributed by atoms with van der Waals surface area (Å²) in [6, 6.07) is 5.06. The van der Waals surface area contributed by atoms with E-state index in [9.17, 15) is 13.2 Å². The number of hydrogen-bond acceptors (Lipinski definition) is 5. The molecule has 154 valence electrons. The SMILES string of the molecule is CCN(C(=O)CSc1nc2cc(S(N)(=O)=O)ccc2n1CC)C1CCCCC1. The number of nitrogens with zero attached hydrogens (tertiary/aromatic N) is 3. The lowest BCUT2D eigenvalue weighted by Gasteiger charge is -2.33. The quantitative estimate of drug-likeness (QED) is 0.689. The third-order valence-corrected chi connectivity index (χ3v) is 7.20. The number of amides is 1. The number of carbonyl (C=O) groups is 1. The van der Waals surface area contributed by atoms with Gasteiger partial charge in [0.05, 0.1) is 21.7 Å². The molecule has 0 bridgehead atoms. The van der Waals surface area contributed by atoms with E-state index in [0.717, 1.165) is 30.1 Å². The molecule has 1 aliphatic carbocycles. The zero-order chi connectivity index (χ0) is 20.3. The maximum atomic E-state index is 12.8. The number of hydrogen-bond donors (Lipinski definition) is 1. The highest BCUT2D eigenvalue weighted by Crippen LogP contribution is 2.27. The first-order valence-electron chi connectivity index (χ1n) is 9.80. The summed E-state index contributed by atoms with van der Waals surface area (Å²) in [6.07, 6.45) is 5.83. The molecule has 7 nitrogen and oxygen atoms in total. The molecule has 3 rings (SSSR count). The van der Waals surface area contributed by atoms with E-state index in [4.69, 9.17) is 5.14 Å². The molecule has 0 saturated heterocycles. The van der Waals surface area contributed by atoms with Crippen molar-refractivity contribution < 1.29 is 13.2 Å². The molecule has 1 aromatic carbocycles. The maximum Gasteiger partial charge on any atom is 0.238 e. The van der Waals surface area contributed by atoms with Crippen LogP contribution in [0, 0.1) is 0 Å². The smallest absolute Gasteiger partial charge is 0.238 e. The number of sulfonamides is 1. The van der Waals surface area contributed by atoms with Crippen LogP contribution in [0.25, 0.3) is 11.0 Å². The average Bonchev–Trinajstić information content (AvgIpc) is 3.03. The first-order chi connectivity index (χ1) is 13.3. The molecule has 28 heavy (non-hydrogen) atoms. The van der Waals surface area contributed by atoms with Gasteiger partial charge in [-0.3, -0.25) is 4.79 Å². The van der Waals surface area contributed by atoms with Crippen molar-refractivity contribution >= 4 is 38.7 Å². The first-order valence-corrected chi connectivity index (χ1v) is 12.3. The van der Waals surface area contributed by atoms with Gasteiger partial charge in [-0.2, -0.15) is 0 Å². The Morgan fingerprint density at radius 2 is 2.00 bits per heavy atom. The van der Waals surface area contributed by atoms with E-state index >= 15 is 0 Å². The largest absolute Gasteiger partial charge is 0.339 e. The van der Waals surface area contributed by atoms with Crippen LogP contribution in [0.1, 0.15) is 46.0 Å². The molecular formula is C19H28N4O3S2. The summed E-state index contributed by atoms with van der Waals surface area (Å²) >= 11 is 1.41. The van der Waals surface area contributed by atoms with Crippen molar-refractivity contribution in [2.75, 3.05) is 12.3 Å². The zero-order valence-electron chi connectivity index (χ0n) is 16.4. The highest BCUT2D eigenvalue weighted by molar-refractivity contribution is 7.99. The van der Waals surface area contributed by atoms with Gasteiger partial charge in [-0.25, -0.2) is 18.5 Å². The van der Waals surface area contributed by atoms with Gasteiger partial charge in [0.2, 0.25) is 15.9 Å². The molecular weight excluding hydrogens is 396 g/mol. The van der Waals surface area contributed by atoms with Crippen molar-refractivity contribution in [3.05, 3.63) is 18.2 Å². The minimum Gasteiger partial charge on any atom is -0.339 e. The summed E-state index contributed by atoms with van der Waals surface area (Å²) in [7, 11) is -3.77. The second kappa shape index (κ2) is 8.84. The Morgan fingerprint density at radius 3 is 2.61 bits per heavy atom. The minimum absolute atomic E-state index is 0.0443. The molecule has 0 aliphatic heterocycles. The van der Waals surface area contributed by atoms with Crippen molar-refractivity contribution in [2.24, 2.45) is 5.14 Å². The Balaban J connectivity index is 1.78. The number of thioether (sulfide) groups is 1. The van der Waals surface area contributed by atoms with E-state index in [-0.39, 0.29) is 10.8 Å². The summed E-state index contributed by atoms with van der Waals surface area (Å²) < 4.78 is 25.2. The molecule has 2 N–H and O–H groups in total. The highest BCUT2D eigenvalue weighted by Gasteiger charge is 2.24. The first kappa shape index (κ1) is 21.1. The fourth-order valence-electron chi connectivity index (χ4n) is 3.92. The topological polar surface area (TPSA) is 98.3 Å². The lowest BCUT2D eigenvalue weighted by molar-refractivity contribution is -0.131. The van der Waals surface area contributed by atoms with Crippen molar-refractivity contribution in [2.45, 2.75) is 68.6 Å². The number of primary sulfonamides is 1. The molecule has 0 unspecified atom stereocenters. The normalized spacial score (nSPS) is 15.8. The van der Waals surface area contributed by atoms with Crippen LogP contribution >= 0.6 is 11.8 Å². The van der Waals surface area contributed by atoms with Gasteiger partial charge in [-0.05, 0) is 44.9 Å². The Kier molecular flexibility index (Phi) is 6.67. The predicted molar refractivity (Wildman–Crippen MR) is 112 cm³/mol. The molecule has 1 fully saturated rings. The molecule has 0 spiro atoms. The molecule has 2 aromatic rings. The number of benzene rings is 1. The second-order valence-electron chi connectivity index (χ2n) is 7.09. The number of nitrogens with two attached hydrogens (primary N) is 1. The fraction of sp³-hybridized carbons (Fsp3) is 0.579. The van der Waals surface area contributed by atoms with Crippen LogP contribution in [0.3, 0.4) is 0 Å². The average molecular weight is 425 g/mol. The second-order valence-corrected chi connectivity index (χ2v) is 9.60. The Labute approximate surface area is 170 Å². The Hall–Kier alpha value is -1.58. The van der Waals surface area contributed by atoms with Crippen LogP contribution in [0.4, 0.5) is 0 Å². The highest BCUT2D eigenvalue weighted by atomic mass is 32.2. The van der Waals surface area contributed by atoms with Gasteiger partial charge in [0, 0.05) is 19.1 Å². The molecule has 1 heterocycles. The maximum absolute atomic E-state index is 12.8. The van der Waals surface area contributed by atoms with E-state index in [1.165, 1.54) is 43.2 Å². The van der Waals surface area contributed by atoms with E-state index in [1.54, 1.807) is 6.07 Å². The van der Waals surface area contributed by atoms with Crippen molar-refractivity contribution in [1.29, 1.82) is 0 Å². The van der Waals surface area contributed by atoms with Gasteiger partial charge in [0.15, 0.2) is 5.16 Å².